The molecular formula is C13H24N4OS. The average molecular weight is 284 g/mol. The molecule has 1 amide bonds. The number of rotatable bonds is 7. The molecule has 0 aliphatic heterocycles. The summed E-state index contributed by atoms with van der Waals surface area (Å²) in [6, 6.07) is 0. The topological polar surface area (TPSA) is 59.8 Å². The van der Waals surface area contributed by atoms with E-state index in [4.69, 9.17) is 0 Å². The lowest BCUT2D eigenvalue weighted by atomic mass is 10.2. The first-order chi connectivity index (χ1) is 8.91. The van der Waals surface area contributed by atoms with Crippen molar-refractivity contribution in [1.82, 2.24) is 20.1 Å². The zero-order valence-electron chi connectivity index (χ0n) is 12.4. The molecule has 0 aromatic carbocycles. The van der Waals surface area contributed by atoms with Crippen LogP contribution in [0.15, 0.2) is 5.16 Å². The molecule has 0 radical (unpaired) electrons. The number of hydrogen-bond donors (Lipinski definition) is 1. The van der Waals surface area contributed by atoms with Crippen LogP contribution in [0.4, 0.5) is 0 Å². The number of hydrogen-bond acceptors (Lipinski definition) is 4. The fourth-order valence-corrected chi connectivity index (χ4v) is 2.31. The zero-order valence-corrected chi connectivity index (χ0v) is 13.3. The molecule has 108 valence electrons. The molecule has 0 saturated carbocycles. The molecule has 1 rings (SSSR count). The summed E-state index contributed by atoms with van der Waals surface area (Å²) in [5.41, 5.74) is 0. The number of nitrogens with zero attached hydrogens (tertiary/aromatic N) is 3. The van der Waals surface area contributed by atoms with Crippen molar-refractivity contribution < 1.29 is 4.79 Å². The fourth-order valence-electron chi connectivity index (χ4n) is 1.43. The third kappa shape index (κ3) is 5.22. The van der Waals surface area contributed by atoms with Crippen LogP contribution in [0.5, 0.6) is 0 Å². The van der Waals surface area contributed by atoms with Gasteiger partial charge in [0.2, 0.25) is 5.91 Å². The predicted octanol–water partition coefficient (Wildman–Crippen LogP) is 1.88. The first-order valence-electron chi connectivity index (χ1n) is 6.70. The van der Waals surface area contributed by atoms with Crippen LogP contribution in [0.3, 0.4) is 0 Å². The van der Waals surface area contributed by atoms with Crippen LogP contribution in [0.2, 0.25) is 0 Å². The number of thioether (sulfide) groups is 1. The number of amides is 1. The normalized spacial score (nSPS) is 11.3. The lowest BCUT2D eigenvalue weighted by Crippen LogP contribution is -2.30. The van der Waals surface area contributed by atoms with Crippen LogP contribution < -0.4 is 5.32 Å². The van der Waals surface area contributed by atoms with E-state index >= 15 is 0 Å². The van der Waals surface area contributed by atoms with Crippen molar-refractivity contribution in [2.45, 2.75) is 39.3 Å². The van der Waals surface area contributed by atoms with E-state index in [0.717, 1.165) is 16.7 Å². The molecule has 0 fully saturated rings. The molecule has 0 bridgehead atoms. The molecule has 1 N–H and O–H groups in total. The van der Waals surface area contributed by atoms with Crippen molar-refractivity contribution in [2.24, 2.45) is 18.9 Å². The largest absolute Gasteiger partial charge is 0.355 e. The maximum Gasteiger partial charge on any atom is 0.222 e. The van der Waals surface area contributed by atoms with Crippen molar-refractivity contribution in [1.29, 1.82) is 0 Å². The average Bonchev–Trinajstić information content (AvgIpc) is 2.68. The fraction of sp³-hybridized carbons (Fsp3) is 0.769. The van der Waals surface area contributed by atoms with Gasteiger partial charge in [-0.3, -0.25) is 4.79 Å². The summed E-state index contributed by atoms with van der Waals surface area (Å²) in [6.07, 6.45) is 0.712. The van der Waals surface area contributed by atoms with E-state index in [2.05, 4.69) is 29.4 Å². The van der Waals surface area contributed by atoms with Crippen molar-refractivity contribution in [3.05, 3.63) is 5.82 Å². The van der Waals surface area contributed by atoms with E-state index in [0.29, 0.717) is 18.9 Å². The number of carbonyl (C=O) groups excluding carboxylic acids is 1. The molecule has 5 nitrogen and oxygen atoms in total. The van der Waals surface area contributed by atoms with Gasteiger partial charge in [0.25, 0.3) is 0 Å². The van der Waals surface area contributed by atoms with Crippen molar-refractivity contribution in [3.63, 3.8) is 0 Å². The van der Waals surface area contributed by atoms with Gasteiger partial charge in [0.15, 0.2) is 5.16 Å². The molecule has 19 heavy (non-hydrogen) atoms. The Labute approximate surface area is 119 Å². The second kappa shape index (κ2) is 7.53. The molecule has 0 spiro atoms. The molecule has 1 heterocycles. The second-order valence-corrected chi connectivity index (χ2v) is 6.35. The van der Waals surface area contributed by atoms with E-state index in [1.165, 1.54) is 0 Å². The van der Waals surface area contributed by atoms with E-state index < -0.39 is 0 Å². The van der Waals surface area contributed by atoms with Crippen LogP contribution in [0.25, 0.3) is 0 Å². The zero-order chi connectivity index (χ0) is 14.4. The lowest BCUT2D eigenvalue weighted by molar-refractivity contribution is -0.123. The first-order valence-corrected chi connectivity index (χ1v) is 7.69. The van der Waals surface area contributed by atoms with Gasteiger partial charge >= 0.3 is 0 Å². The molecule has 0 atom stereocenters. The quantitative estimate of drug-likeness (QED) is 0.777. The SMILES string of the molecule is CC(C)CSc1nnc(CCNC(=O)C(C)C)n1C. The Morgan fingerprint density at radius 1 is 1.32 bits per heavy atom. The van der Waals surface area contributed by atoms with E-state index in [1.807, 2.05) is 25.5 Å². The Hall–Kier alpha value is -1.04. The Bertz CT molecular complexity index is 415. The van der Waals surface area contributed by atoms with E-state index in [1.54, 1.807) is 11.8 Å². The molecule has 1 aromatic rings. The van der Waals surface area contributed by atoms with Gasteiger partial charge in [-0.1, -0.05) is 39.5 Å². The Balaban J connectivity index is 2.45. The highest BCUT2D eigenvalue weighted by Crippen LogP contribution is 2.18. The van der Waals surface area contributed by atoms with Crippen LogP contribution >= 0.6 is 11.8 Å². The third-order valence-corrected chi connectivity index (χ3v) is 4.09. The predicted molar refractivity (Wildman–Crippen MR) is 78.1 cm³/mol. The number of nitrogens with one attached hydrogen (secondary N) is 1. The van der Waals surface area contributed by atoms with Gasteiger partial charge in [-0.2, -0.15) is 0 Å². The summed E-state index contributed by atoms with van der Waals surface area (Å²) in [7, 11) is 1.97. The van der Waals surface area contributed by atoms with Gasteiger partial charge in [0.1, 0.15) is 5.82 Å². The molecule has 0 unspecified atom stereocenters. The molecule has 0 saturated heterocycles. The van der Waals surface area contributed by atoms with Crippen LogP contribution in [-0.4, -0.2) is 33.0 Å². The smallest absolute Gasteiger partial charge is 0.222 e. The van der Waals surface area contributed by atoms with Crippen LogP contribution in [0, 0.1) is 11.8 Å². The van der Waals surface area contributed by atoms with Gasteiger partial charge in [-0.05, 0) is 5.92 Å². The highest BCUT2D eigenvalue weighted by Gasteiger charge is 2.11. The minimum absolute atomic E-state index is 0.0247. The number of aromatic nitrogens is 3. The van der Waals surface area contributed by atoms with Gasteiger partial charge in [0.05, 0.1) is 0 Å². The minimum atomic E-state index is 0.0247. The van der Waals surface area contributed by atoms with Gasteiger partial charge in [-0.15, -0.1) is 10.2 Å². The Morgan fingerprint density at radius 2 is 2.00 bits per heavy atom. The maximum absolute atomic E-state index is 11.4. The lowest BCUT2D eigenvalue weighted by Gasteiger charge is -2.08. The van der Waals surface area contributed by atoms with Crippen molar-refractivity contribution in [2.75, 3.05) is 12.3 Å². The second-order valence-electron chi connectivity index (χ2n) is 5.36. The summed E-state index contributed by atoms with van der Waals surface area (Å²) in [5, 5.41) is 12.2. The van der Waals surface area contributed by atoms with E-state index in [-0.39, 0.29) is 11.8 Å². The molecule has 0 aliphatic rings. The summed E-state index contributed by atoms with van der Waals surface area (Å²) in [6.45, 7) is 8.76. The summed E-state index contributed by atoms with van der Waals surface area (Å²) < 4.78 is 2.01. The van der Waals surface area contributed by atoms with Gasteiger partial charge in [0, 0.05) is 31.7 Å². The molecule has 1 aromatic heterocycles. The minimum Gasteiger partial charge on any atom is -0.355 e. The highest BCUT2D eigenvalue weighted by molar-refractivity contribution is 7.99. The summed E-state index contributed by atoms with van der Waals surface area (Å²) in [4.78, 5) is 11.4. The summed E-state index contributed by atoms with van der Waals surface area (Å²) >= 11 is 1.72. The number of carbonyl (C=O) groups is 1. The Morgan fingerprint density at radius 3 is 2.58 bits per heavy atom. The highest BCUT2D eigenvalue weighted by atomic mass is 32.2. The summed E-state index contributed by atoms with van der Waals surface area (Å²) in [5.74, 6) is 2.69. The molecule has 6 heteroatoms. The van der Waals surface area contributed by atoms with Crippen LogP contribution in [-0.2, 0) is 18.3 Å². The van der Waals surface area contributed by atoms with Crippen molar-refractivity contribution in [3.8, 4) is 0 Å². The third-order valence-electron chi connectivity index (χ3n) is 2.64. The molecule has 0 aliphatic carbocycles. The standard InChI is InChI=1S/C13H24N4OS/c1-9(2)8-19-13-16-15-11(17(13)5)6-7-14-12(18)10(3)4/h9-10H,6-8H2,1-5H3,(H,14,18). The first kappa shape index (κ1) is 16.0. The van der Waals surface area contributed by atoms with E-state index in [9.17, 15) is 4.79 Å². The van der Waals surface area contributed by atoms with Gasteiger partial charge < -0.3 is 9.88 Å². The van der Waals surface area contributed by atoms with Crippen molar-refractivity contribution >= 4 is 17.7 Å². The maximum atomic E-state index is 11.4. The van der Waals surface area contributed by atoms with Gasteiger partial charge in [-0.25, -0.2) is 0 Å². The Kier molecular flexibility index (Phi) is 6.34. The van der Waals surface area contributed by atoms with Crippen LogP contribution in [0.1, 0.15) is 33.5 Å². The molecular weight excluding hydrogens is 260 g/mol. The monoisotopic (exact) mass is 284 g/mol.